The molecule has 3 nitrogen and oxygen atoms in total. The number of hydrogen-bond donors (Lipinski definition) is 1. The highest BCUT2D eigenvalue weighted by atomic mass is 16.5. The zero-order chi connectivity index (χ0) is 15.0. The van der Waals surface area contributed by atoms with Gasteiger partial charge in [-0.3, -0.25) is 5.32 Å². The van der Waals surface area contributed by atoms with Gasteiger partial charge >= 0.3 is 0 Å². The van der Waals surface area contributed by atoms with Gasteiger partial charge in [0.05, 0.1) is 6.07 Å². The number of aryl methyl sites for hydroxylation is 3. The molecule has 2 aliphatic carbocycles. The molecule has 0 bridgehead atoms. The van der Waals surface area contributed by atoms with Crippen LogP contribution >= 0.6 is 0 Å². The first kappa shape index (κ1) is 14.4. The predicted molar refractivity (Wildman–Crippen MR) is 83.4 cm³/mol. The van der Waals surface area contributed by atoms with Crippen molar-refractivity contribution in [2.24, 2.45) is 5.92 Å². The fourth-order valence-corrected chi connectivity index (χ4v) is 3.18. The Morgan fingerprint density at radius 3 is 2.29 bits per heavy atom. The first-order valence-corrected chi connectivity index (χ1v) is 7.94. The molecule has 0 amide bonds. The number of benzene rings is 1. The quantitative estimate of drug-likeness (QED) is 0.870. The van der Waals surface area contributed by atoms with Crippen molar-refractivity contribution in [1.29, 1.82) is 5.26 Å². The van der Waals surface area contributed by atoms with E-state index in [0.717, 1.165) is 29.7 Å². The van der Waals surface area contributed by atoms with Gasteiger partial charge in [0, 0.05) is 6.04 Å². The first-order chi connectivity index (χ1) is 10.0. The van der Waals surface area contributed by atoms with Crippen LogP contribution in [0.15, 0.2) is 12.1 Å². The lowest BCUT2D eigenvalue weighted by atomic mass is 9.95. The van der Waals surface area contributed by atoms with Gasteiger partial charge in [-0.1, -0.05) is 17.7 Å². The van der Waals surface area contributed by atoms with E-state index in [1.807, 2.05) is 0 Å². The molecule has 3 rings (SSSR count). The molecule has 1 atom stereocenters. The molecule has 112 valence electrons. The molecule has 1 aromatic rings. The van der Waals surface area contributed by atoms with Crippen LogP contribution in [-0.4, -0.2) is 18.2 Å². The van der Waals surface area contributed by atoms with Gasteiger partial charge in [-0.15, -0.1) is 0 Å². The van der Waals surface area contributed by atoms with E-state index in [4.69, 9.17) is 4.74 Å². The summed E-state index contributed by atoms with van der Waals surface area (Å²) in [5, 5.41) is 13.3. The van der Waals surface area contributed by atoms with Crippen molar-refractivity contribution < 1.29 is 4.74 Å². The van der Waals surface area contributed by atoms with E-state index in [1.54, 1.807) is 0 Å². The Labute approximate surface area is 127 Å². The van der Waals surface area contributed by atoms with E-state index < -0.39 is 5.54 Å². The molecule has 2 aliphatic rings. The van der Waals surface area contributed by atoms with Crippen molar-refractivity contribution >= 4 is 0 Å². The van der Waals surface area contributed by atoms with Crippen molar-refractivity contribution in [2.75, 3.05) is 6.61 Å². The standard InChI is InChI=1S/C18H24N2O/c1-12-8-13(2)17(14(3)9-12)21-11-18(10-19,15-4-5-15)20-16-6-7-16/h8-9,15-16,20H,4-7,11H2,1-3H3. The van der Waals surface area contributed by atoms with Crippen LogP contribution in [0.25, 0.3) is 0 Å². The summed E-state index contributed by atoms with van der Waals surface area (Å²) in [6.45, 7) is 6.71. The number of nitrogens with one attached hydrogen (secondary N) is 1. The fourth-order valence-electron chi connectivity index (χ4n) is 3.18. The third kappa shape index (κ3) is 3.06. The van der Waals surface area contributed by atoms with Gasteiger partial charge < -0.3 is 4.74 Å². The van der Waals surface area contributed by atoms with Gasteiger partial charge in [-0.2, -0.15) is 5.26 Å². The van der Waals surface area contributed by atoms with Gasteiger partial charge in [0.15, 0.2) is 0 Å². The summed E-state index contributed by atoms with van der Waals surface area (Å²) in [5.41, 5.74) is 3.07. The Bertz CT molecular complexity index is 558. The molecule has 0 aliphatic heterocycles. The van der Waals surface area contributed by atoms with Crippen LogP contribution in [0.3, 0.4) is 0 Å². The molecule has 1 N–H and O–H groups in total. The summed E-state index contributed by atoms with van der Waals surface area (Å²) >= 11 is 0. The number of hydrogen-bond acceptors (Lipinski definition) is 3. The molecular formula is C18H24N2O. The molecule has 2 saturated carbocycles. The van der Waals surface area contributed by atoms with E-state index in [-0.39, 0.29) is 0 Å². The summed E-state index contributed by atoms with van der Waals surface area (Å²) in [4.78, 5) is 0. The van der Waals surface area contributed by atoms with Gasteiger partial charge in [0.1, 0.15) is 17.9 Å². The number of nitrogens with zero attached hydrogens (tertiary/aromatic N) is 1. The van der Waals surface area contributed by atoms with E-state index in [2.05, 4.69) is 44.3 Å². The fraction of sp³-hybridized carbons (Fsp3) is 0.611. The second-order valence-electron chi connectivity index (χ2n) is 6.79. The summed E-state index contributed by atoms with van der Waals surface area (Å²) in [5.74, 6) is 1.40. The second-order valence-corrected chi connectivity index (χ2v) is 6.79. The number of nitriles is 1. The van der Waals surface area contributed by atoms with Crippen LogP contribution in [0.1, 0.15) is 42.4 Å². The van der Waals surface area contributed by atoms with Gasteiger partial charge in [-0.05, 0) is 63.5 Å². The van der Waals surface area contributed by atoms with E-state index >= 15 is 0 Å². The molecule has 0 spiro atoms. The third-order valence-electron chi connectivity index (χ3n) is 4.56. The monoisotopic (exact) mass is 284 g/mol. The topological polar surface area (TPSA) is 45.0 Å². The van der Waals surface area contributed by atoms with E-state index in [1.165, 1.54) is 18.4 Å². The van der Waals surface area contributed by atoms with Crippen LogP contribution in [0.4, 0.5) is 0 Å². The summed E-state index contributed by atoms with van der Waals surface area (Å²) in [6.07, 6.45) is 4.67. The second kappa shape index (κ2) is 5.35. The van der Waals surface area contributed by atoms with Crippen LogP contribution in [0.2, 0.25) is 0 Å². The molecule has 0 heterocycles. The summed E-state index contributed by atoms with van der Waals surface area (Å²) < 4.78 is 6.12. The molecule has 2 fully saturated rings. The molecule has 3 heteroatoms. The lowest BCUT2D eigenvalue weighted by Gasteiger charge is -2.29. The molecule has 0 radical (unpaired) electrons. The molecule has 0 aromatic heterocycles. The Hall–Kier alpha value is -1.53. The molecule has 1 aromatic carbocycles. The molecule has 1 unspecified atom stereocenters. The van der Waals surface area contributed by atoms with Gasteiger partial charge in [0.2, 0.25) is 0 Å². The SMILES string of the molecule is Cc1cc(C)c(OCC(C#N)(NC2CC2)C2CC2)c(C)c1. The van der Waals surface area contributed by atoms with Crippen LogP contribution < -0.4 is 10.1 Å². The Kier molecular flexibility index (Phi) is 3.67. The van der Waals surface area contributed by atoms with Gasteiger partial charge in [-0.25, -0.2) is 0 Å². The Morgan fingerprint density at radius 2 is 1.81 bits per heavy atom. The third-order valence-corrected chi connectivity index (χ3v) is 4.56. The number of ether oxygens (including phenoxy) is 1. The maximum Gasteiger partial charge on any atom is 0.144 e. The lowest BCUT2D eigenvalue weighted by molar-refractivity contribution is 0.198. The smallest absolute Gasteiger partial charge is 0.144 e. The van der Waals surface area contributed by atoms with Crippen molar-refractivity contribution in [3.8, 4) is 11.8 Å². The minimum Gasteiger partial charge on any atom is -0.490 e. The first-order valence-electron chi connectivity index (χ1n) is 7.94. The lowest BCUT2D eigenvalue weighted by Crippen LogP contribution is -2.52. The summed E-state index contributed by atoms with van der Waals surface area (Å²) in [6, 6.07) is 7.34. The maximum atomic E-state index is 9.73. The summed E-state index contributed by atoms with van der Waals surface area (Å²) in [7, 11) is 0. The van der Waals surface area contributed by atoms with Crippen molar-refractivity contribution in [3.63, 3.8) is 0 Å². The zero-order valence-electron chi connectivity index (χ0n) is 13.2. The molecule has 0 saturated heterocycles. The average molecular weight is 284 g/mol. The molecule has 21 heavy (non-hydrogen) atoms. The zero-order valence-corrected chi connectivity index (χ0v) is 13.2. The largest absolute Gasteiger partial charge is 0.490 e. The Morgan fingerprint density at radius 1 is 1.19 bits per heavy atom. The van der Waals surface area contributed by atoms with Gasteiger partial charge in [0.25, 0.3) is 0 Å². The Balaban J connectivity index is 1.76. The van der Waals surface area contributed by atoms with Crippen molar-refractivity contribution in [2.45, 2.75) is 58.0 Å². The van der Waals surface area contributed by atoms with Crippen LogP contribution in [-0.2, 0) is 0 Å². The molecular weight excluding hydrogens is 260 g/mol. The average Bonchev–Trinajstić information content (AvgIpc) is 3.28. The van der Waals surface area contributed by atoms with Crippen molar-refractivity contribution in [3.05, 3.63) is 28.8 Å². The highest BCUT2D eigenvalue weighted by Gasteiger charge is 2.49. The van der Waals surface area contributed by atoms with Crippen LogP contribution in [0, 0.1) is 38.0 Å². The van der Waals surface area contributed by atoms with E-state index in [9.17, 15) is 5.26 Å². The van der Waals surface area contributed by atoms with E-state index in [0.29, 0.717) is 18.6 Å². The normalized spacial score (nSPS) is 20.7. The van der Waals surface area contributed by atoms with Crippen LogP contribution in [0.5, 0.6) is 5.75 Å². The maximum absolute atomic E-state index is 9.73. The highest BCUT2D eigenvalue weighted by molar-refractivity contribution is 5.43. The van der Waals surface area contributed by atoms with Crippen molar-refractivity contribution in [1.82, 2.24) is 5.32 Å². The minimum atomic E-state index is -0.495. The minimum absolute atomic E-state index is 0.453. The predicted octanol–water partition coefficient (Wildman–Crippen LogP) is 3.42. The number of rotatable bonds is 6. The highest BCUT2D eigenvalue weighted by Crippen LogP contribution is 2.42.